The maximum Gasteiger partial charge on any atom is 0.241 e. The third kappa shape index (κ3) is 4.68. The predicted octanol–water partition coefficient (Wildman–Crippen LogP) is 6.40. The maximum absolute atomic E-state index is 4.34. The summed E-state index contributed by atoms with van der Waals surface area (Å²) >= 11 is 0. The van der Waals surface area contributed by atoms with Gasteiger partial charge in [0.05, 0.1) is 0 Å². The van der Waals surface area contributed by atoms with Crippen LogP contribution in [0.5, 0.6) is 0 Å². The van der Waals surface area contributed by atoms with Crippen LogP contribution in [0.2, 0.25) is 0 Å². The molecule has 288 valence electrons. The molecule has 1 nitrogen and oxygen atoms in total. The molecule has 0 amide bonds. The highest BCUT2D eigenvalue weighted by molar-refractivity contribution is 7.31. The Balaban J connectivity index is 1.03. The standard InChI is InChI=1S/C58H41B2NSi/c1-58(2)45-20-7-8-22-47(45)60-50-25-11-14-28-53(50)62(54-29-15-21-46(58)57(54)60)51-26-12-9-23-48(51)59(49-24-10-13-27-52(49)62)40-32-30-38(31-33-40)55-41-16-3-5-18-43(41)56(39-34-36-61-37-35-39)44-19-6-4-17-42(44)55/h3-37H,1-2H3. The van der Waals surface area contributed by atoms with Crippen molar-refractivity contribution in [1.82, 2.24) is 4.98 Å². The van der Waals surface area contributed by atoms with Crippen LogP contribution in [0.4, 0.5) is 0 Å². The number of aromatic nitrogens is 1. The monoisotopic (exact) mass is 801 g/mol. The summed E-state index contributed by atoms with van der Waals surface area (Å²) in [6, 6.07) is 76.8. The number of benzene rings is 9. The van der Waals surface area contributed by atoms with E-state index < -0.39 is 8.07 Å². The first kappa shape index (κ1) is 35.7. The lowest BCUT2D eigenvalue weighted by Crippen LogP contribution is -2.93. The largest absolute Gasteiger partial charge is 0.265 e. The van der Waals surface area contributed by atoms with Crippen molar-refractivity contribution in [3.63, 3.8) is 0 Å². The molecule has 0 unspecified atom stereocenters. The Morgan fingerprint density at radius 3 is 1.34 bits per heavy atom. The molecule has 0 atom stereocenters. The summed E-state index contributed by atoms with van der Waals surface area (Å²) in [5.41, 5.74) is 16.4. The van der Waals surface area contributed by atoms with Gasteiger partial charge in [0, 0.05) is 17.8 Å². The number of rotatable bonds is 3. The quantitative estimate of drug-likeness (QED) is 0.149. The molecule has 0 bridgehead atoms. The van der Waals surface area contributed by atoms with Crippen molar-refractivity contribution in [3.05, 3.63) is 224 Å². The number of hydrogen-bond donors (Lipinski definition) is 0. The third-order valence-corrected chi connectivity index (χ3v) is 19.9. The second-order valence-electron chi connectivity index (χ2n) is 18.1. The molecule has 1 spiro atoms. The van der Waals surface area contributed by atoms with Gasteiger partial charge >= 0.3 is 0 Å². The van der Waals surface area contributed by atoms with E-state index in [0.717, 1.165) is 0 Å². The topological polar surface area (TPSA) is 12.9 Å². The van der Waals surface area contributed by atoms with Crippen molar-refractivity contribution in [1.29, 1.82) is 0 Å². The van der Waals surface area contributed by atoms with E-state index in [1.54, 1.807) is 10.6 Å². The van der Waals surface area contributed by atoms with Crippen molar-refractivity contribution in [3.8, 4) is 22.3 Å². The van der Waals surface area contributed by atoms with E-state index in [2.05, 4.69) is 219 Å². The zero-order valence-corrected chi connectivity index (χ0v) is 35.8. The Morgan fingerprint density at radius 1 is 0.371 bits per heavy atom. The van der Waals surface area contributed by atoms with Gasteiger partial charge in [0.1, 0.15) is 0 Å². The lowest BCUT2D eigenvalue weighted by molar-refractivity contribution is 0.646. The minimum Gasteiger partial charge on any atom is -0.265 e. The molecule has 4 heteroatoms. The Labute approximate surface area is 365 Å². The highest BCUT2D eigenvalue weighted by Gasteiger charge is 2.57. The summed E-state index contributed by atoms with van der Waals surface area (Å²) in [4.78, 5) is 4.34. The zero-order chi connectivity index (χ0) is 41.2. The molecule has 10 aromatic rings. The minimum absolute atomic E-state index is 0.0960. The molecule has 0 fully saturated rings. The van der Waals surface area contributed by atoms with Gasteiger partial charge in [-0.05, 0) is 87.8 Å². The van der Waals surface area contributed by atoms with Crippen LogP contribution in [0.3, 0.4) is 0 Å². The average Bonchev–Trinajstić information content (AvgIpc) is 3.33. The SMILES string of the molecule is CC1(C)c2ccccc2B2c3ccccc3[Si]3(c4ccccc4B(c4ccc(-c5c6ccccc6c(-c6ccncc6)c6ccccc56)cc4)c4ccccc43)c3cccc1c32. The summed E-state index contributed by atoms with van der Waals surface area (Å²) in [5.74, 6) is 0. The van der Waals surface area contributed by atoms with Gasteiger partial charge in [0.25, 0.3) is 0 Å². The van der Waals surface area contributed by atoms with E-state index >= 15 is 0 Å². The molecule has 3 aliphatic rings. The zero-order valence-electron chi connectivity index (χ0n) is 34.8. The van der Waals surface area contributed by atoms with Crippen molar-refractivity contribution >= 4 is 96.6 Å². The van der Waals surface area contributed by atoms with Gasteiger partial charge in [0.15, 0.2) is 8.07 Å². The Kier molecular flexibility index (Phi) is 7.63. The number of hydrogen-bond acceptors (Lipinski definition) is 1. The number of fused-ring (bicyclic) bond motifs is 12. The van der Waals surface area contributed by atoms with Gasteiger partial charge < -0.3 is 0 Å². The average molecular weight is 802 g/mol. The van der Waals surface area contributed by atoms with E-state index in [1.807, 2.05) is 12.4 Å². The molecule has 9 aromatic carbocycles. The third-order valence-electron chi connectivity index (χ3n) is 14.9. The van der Waals surface area contributed by atoms with Crippen molar-refractivity contribution in [2.24, 2.45) is 0 Å². The van der Waals surface area contributed by atoms with Gasteiger partial charge in [-0.25, -0.2) is 0 Å². The van der Waals surface area contributed by atoms with Gasteiger partial charge in [-0.2, -0.15) is 0 Å². The van der Waals surface area contributed by atoms with Crippen LogP contribution in [0.1, 0.15) is 25.0 Å². The molecule has 0 radical (unpaired) electrons. The maximum atomic E-state index is 4.34. The van der Waals surface area contributed by atoms with E-state index in [4.69, 9.17) is 0 Å². The minimum atomic E-state index is -2.83. The molecule has 0 aliphatic carbocycles. The first-order valence-electron chi connectivity index (χ1n) is 22.0. The predicted molar refractivity (Wildman–Crippen MR) is 268 cm³/mol. The van der Waals surface area contributed by atoms with E-state index in [0.29, 0.717) is 0 Å². The number of nitrogens with zero attached hydrogens (tertiary/aromatic N) is 1. The second kappa shape index (κ2) is 13.2. The van der Waals surface area contributed by atoms with Crippen LogP contribution in [0, 0.1) is 0 Å². The fraction of sp³-hybridized carbons (Fsp3) is 0.0517. The van der Waals surface area contributed by atoms with Gasteiger partial charge in [-0.1, -0.05) is 235 Å². The summed E-state index contributed by atoms with van der Waals surface area (Å²) < 4.78 is 0. The number of pyridine rings is 1. The molecule has 4 heterocycles. The van der Waals surface area contributed by atoms with Crippen LogP contribution in [0.25, 0.3) is 43.8 Å². The highest BCUT2D eigenvalue weighted by atomic mass is 28.3. The highest BCUT2D eigenvalue weighted by Crippen LogP contribution is 2.43. The lowest BCUT2D eigenvalue weighted by Gasteiger charge is -2.51. The molecule has 62 heavy (non-hydrogen) atoms. The summed E-state index contributed by atoms with van der Waals surface area (Å²) in [5, 5.41) is 11.2. The van der Waals surface area contributed by atoms with Crippen LogP contribution in [-0.2, 0) is 5.41 Å². The van der Waals surface area contributed by atoms with Gasteiger partial charge in [0.2, 0.25) is 13.4 Å². The van der Waals surface area contributed by atoms with E-state index in [-0.39, 0.29) is 18.8 Å². The molecule has 0 saturated carbocycles. The summed E-state index contributed by atoms with van der Waals surface area (Å²) in [6.45, 7) is 5.18. The Bertz CT molecular complexity index is 3360. The Hall–Kier alpha value is -7.00. The van der Waals surface area contributed by atoms with Crippen molar-refractivity contribution in [2.75, 3.05) is 0 Å². The first-order chi connectivity index (χ1) is 30.6. The molecule has 13 rings (SSSR count). The van der Waals surface area contributed by atoms with Crippen LogP contribution >= 0.6 is 0 Å². The van der Waals surface area contributed by atoms with Crippen LogP contribution in [0.15, 0.2) is 213 Å². The molecule has 0 N–H and O–H groups in total. The molecule has 1 aromatic heterocycles. The summed E-state index contributed by atoms with van der Waals surface area (Å²) in [7, 11) is -2.83. The second-order valence-corrected chi connectivity index (χ2v) is 21.7. The van der Waals surface area contributed by atoms with Gasteiger partial charge in [-0.3, -0.25) is 4.98 Å². The fourth-order valence-corrected chi connectivity index (χ4v) is 18.3. The van der Waals surface area contributed by atoms with Gasteiger partial charge in [-0.15, -0.1) is 0 Å². The molecular formula is C58H41B2NSi. The van der Waals surface area contributed by atoms with Crippen LogP contribution < -0.4 is 53.5 Å². The molecular weight excluding hydrogens is 760 g/mol. The molecule has 3 aliphatic heterocycles. The normalized spacial score (nSPS) is 14.8. The Morgan fingerprint density at radius 2 is 0.790 bits per heavy atom. The van der Waals surface area contributed by atoms with Crippen molar-refractivity contribution in [2.45, 2.75) is 19.3 Å². The van der Waals surface area contributed by atoms with E-state index in [9.17, 15) is 0 Å². The van der Waals surface area contributed by atoms with Crippen LogP contribution in [-0.4, -0.2) is 26.5 Å². The smallest absolute Gasteiger partial charge is 0.241 e. The summed E-state index contributed by atoms with van der Waals surface area (Å²) in [6.07, 6.45) is 3.79. The van der Waals surface area contributed by atoms with Crippen molar-refractivity contribution < 1.29 is 0 Å². The molecule has 0 saturated heterocycles. The first-order valence-corrected chi connectivity index (χ1v) is 24.0. The fourth-order valence-electron chi connectivity index (χ4n) is 12.5. The van der Waals surface area contributed by atoms with E-state index in [1.165, 1.54) is 97.8 Å². The lowest BCUT2D eigenvalue weighted by atomic mass is 9.31.